The number of piperazine rings is 1. The van der Waals surface area contributed by atoms with Crippen molar-refractivity contribution < 1.29 is 23.2 Å². The Hall–Kier alpha value is -3.00. The number of amides is 3. The smallest absolute Gasteiger partial charge is 0.257 e. The molecule has 1 aliphatic rings. The monoisotopic (exact) mass is 463 g/mol. The molecule has 0 unspecified atom stereocenters. The Labute approximate surface area is 190 Å². The zero-order valence-corrected chi connectivity index (χ0v) is 18.5. The van der Waals surface area contributed by atoms with Crippen molar-refractivity contribution in [1.29, 1.82) is 0 Å². The second-order valence-corrected chi connectivity index (χ2v) is 8.36. The van der Waals surface area contributed by atoms with Gasteiger partial charge in [-0.25, -0.2) is 8.78 Å². The summed E-state index contributed by atoms with van der Waals surface area (Å²) in [5, 5.41) is 2.94. The predicted octanol–water partition coefficient (Wildman–Crippen LogP) is 3.36. The number of carbonyl (C=O) groups excluding carboxylic acids is 3. The summed E-state index contributed by atoms with van der Waals surface area (Å²) in [6.07, 6.45) is 0. The van der Waals surface area contributed by atoms with Crippen molar-refractivity contribution in [3.05, 3.63) is 70.2 Å². The maximum absolute atomic E-state index is 13.9. The van der Waals surface area contributed by atoms with E-state index in [1.807, 2.05) is 0 Å². The number of nitrogens with one attached hydrogen (secondary N) is 1. The van der Waals surface area contributed by atoms with E-state index in [2.05, 4.69) is 5.32 Å². The van der Waals surface area contributed by atoms with Crippen molar-refractivity contribution in [2.45, 2.75) is 19.9 Å². The fourth-order valence-corrected chi connectivity index (χ4v) is 3.76. The molecule has 1 heterocycles. The number of benzene rings is 2. The largest absolute Gasteiger partial charge is 0.340 e. The van der Waals surface area contributed by atoms with Crippen LogP contribution in [-0.2, 0) is 4.79 Å². The first-order valence-electron chi connectivity index (χ1n) is 10.3. The summed E-state index contributed by atoms with van der Waals surface area (Å²) in [6.45, 7) is 4.66. The van der Waals surface area contributed by atoms with E-state index in [1.165, 1.54) is 0 Å². The molecule has 0 aromatic heterocycles. The van der Waals surface area contributed by atoms with Gasteiger partial charge in [0.15, 0.2) is 0 Å². The average molecular weight is 464 g/mol. The minimum absolute atomic E-state index is 0.177. The lowest BCUT2D eigenvalue weighted by Crippen LogP contribution is -2.57. The second kappa shape index (κ2) is 10.1. The number of carbonyl (C=O) groups is 3. The lowest BCUT2D eigenvalue weighted by molar-refractivity contribution is -0.135. The first-order chi connectivity index (χ1) is 15.2. The van der Waals surface area contributed by atoms with E-state index in [1.54, 1.807) is 47.9 Å². The maximum Gasteiger partial charge on any atom is 0.257 e. The lowest BCUT2D eigenvalue weighted by atomic mass is 10.0. The highest BCUT2D eigenvalue weighted by Crippen LogP contribution is 2.17. The molecule has 0 bridgehead atoms. The highest BCUT2D eigenvalue weighted by Gasteiger charge is 2.33. The molecule has 0 spiro atoms. The van der Waals surface area contributed by atoms with Crippen molar-refractivity contribution in [3.8, 4) is 0 Å². The Morgan fingerprint density at radius 3 is 2.06 bits per heavy atom. The average Bonchev–Trinajstić information content (AvgIpc) is 2.76. The summed E-state index contributed by atoms with van der Waals surface area (Å²) >= 11 is 5.96. The van der Waals surface area contributed by atoms with E-state index in [9.17, 15) is 23.2 Å². The quantitative estimate of drug-likeness (QED) is 0.739. The third-order valence-electron chi connectivity index (χ3n) is 5.36. The van der Waals surface area contributed by atoms with Crippen LogP contribution >= 0.6 is 11.6 Å². The molecule has 170 valence electrons. The standard InChI is InChI=1S/C23H24ClF2N3O3/c1-14(2)20(27-21(30)19-17(25)7-4-8-18(19)26)23(32)29-11-9-28(10-12-29)22(31)15-5-3-6-16(24)13-15/h3-8,13-14,20H,9-12H2,1-2H3,(H,27,30)/t20-/m0/s1. The van der Waals surface area contributed by atoms with Gasteiger partial charge in [-0.15, -0.1) is 0 Å². The fourth-order valence-electron chi connectivity index (χ4n) is 3.57. The Morgan fingerprint density at radius 1 is 0.938 bits per heavy atom. The van der Waals surface area contributed by atoms with E-state index in [4.69, 9.17) is 11.6 Å². The third-order valence-corrected chi connectivity index (χ3v) is 5.59. The molecule has 0 saturated carbocycles. The zero-order chi connectivity index (χ0) is 23.4. The molecule has 3 rings (SSSR count). The van der Waals surface area contributed by atoms with Crippen LogP contribution < -0.4 is 5.32 Å². The second-order valence-electron chi connectivity index (χ2n) is 7.92. The minimum atomic E-state index is -0.995. The van der Waals surface area contributed by atoms with Gasteiger partial charge in [-0.1, -0.05) is 37.6 Å². The van der Waals surface area contributed by atoms with Gasteiger partial charge in [0, 0.05) is 36.8 Å². The van der Waals surface area contributed by atoms with Crippen molar-refractivity contribution in [1.82, 2.24) is 15.1 Å². The van der Waals surface area contributed by atoms with Crippen LogP contribution in [0.3, 0.4) is 0 Å². The van der Waals surface area contributed by atoms with Gasteiger partial charge in [0.05, 0.1) is 0 Å². The summed E-state index contributed by atoms with van der Waals surface area (Å²) in [5.74, 6) is -3.82. The van der Waals surface area contributed by atoms with Crippen LogP contribution in [-0.4, -0.2) is 59.7 Å². The first kappa shape index (κ1) is 23.7. The summed E-state index contributed by atoms with van der Waals surface area (Å²) in [4.78, 5) is 41.4. The molecule has 2 aromatic carbocycles. The molecule has 0 radical (unpaired) electrons. The van der Waals surface area contributed by atoms with Crippen LogP contribution in [0.15, 0.2) is 42.5 Å². The molecule has 1 N–H and O–H groups in total. The van der Waals surface area contributed by atoms with Gasteiger partial charge in [0.25, 0.3) is 11.8 Å². The van der Waals surface area contributed by atoms with Crippen LogP contribution in [0.4, 0.5) is 8.78 Å². The van der Waals surface area contributed by atoms with E-state index in [0.717, 1.165) is 18.2 Å². The summed E-state index contributed by atoms with van der Waals surface area (Å²) in [7, 11) is 0. The Balaban J connectivity index is 1.65. The van der Waals surface area contributed by atoms with E-state index < -0.39 is 29.1 Å². The van der Waals surface area contributed by atoms with Crippen molar-refractivity contribution in [3.63, 3.8) is 0 Å². The van der Waals surface area contributed by atoms with Crippen LogP contribution in [0.5, 0.6) is 0 Å². The fraction of sp³-hybridized carbons (Fsp3) is 0.348. The number of hydrogen-bond donors (Lipinski definition) is 1. The van der Waals surface area contributed by atoms with Crippen LogP contribution in [0, 0.1) is 17.6 Å². The van der Waals surface area contributed by atoms with Crippen LogP contribution in [0.1, 0.15) is 34.6 Å². The van der Waals surface area contributed by atoms with E-state index >= 15 is 0 Å². The number of nitrogens with zero attached hydrogens (tertiary/aromatic N) is 2. The summed E-state index contributed by atoms with van der Waals surface area (Å²) in [6, 6.07) is 8.83. The maximum atomic E-state index is 13.9. The number of hydrogen-bond acceptors (Lipinski definition) is 3. The van der Waals surface area contributed by atoms with Crippen molar-refractivity contribution >= 4 is 29.3 Å². The summed E-state index contributed by atoms with van der Waals surface area (Å²) < 4.78 is 27.9. The Morgan fingerprint density at radius 2 is 1.50 bits per heavy atom. The molecule has 1 atom stereocenters. The van der Waals surface area contributed by atoms with E-state index in [-0.39, 0.29) is 30.8 Å². The lowest BCUT2D eigenvalue weighted by Gasteiger charge is -2.37. The SMILES string of the molecule is CC(C)[C@H](NC(=O)c1c(F)cccc1F)C(=O)N1CCN(C(=O)c2cccc(Cl)c2)CC1. The van der Waals surface area contributed by atoms with Crippen molar-refractivity contribution in [2.24, 2.45) is 5.92 Å². The Kier molecular flexibility index (Phi) is 7.45. The number of halogens is 3. The molecule has 32 heavy (non-hydrogen) atoms. The molecule has 1 fully saturated rings. The molecular formula is C23H24ClF2N3O3. The molecule has 1 saturated heterocycles. The zero-order valence-electron chi connectivity index (χ0n) is 17.8. The van der Waals surface area contributed by atoms with Gasteiger partial charge < -0.3 is 15.1 Å². The normalized spacial score (nSPS) is 14.9. The van der Waals surface area contributed by atoms with Crippen LogP contribution in [0.2, 0.25) is 5.02 Å². The van der Waals surface area contributed by atoms with Gasteiger partial charge in [-0.05, 0) is 36.2 Å². The predicted molar refractivity (Wildman–Crippen MR) is 116 cm³/mol. The number of rotatable bonds is 5. The first-order valence-corrected chi connectivity index (χ1v) is 10.7. The van der Waals surface area contributed by atoms with Gasteiger partial charge in [-0.2, -0.15) is 0 Å². The van der Waals surface area contributed by atoms with Gasteiger partial charge in [-0.3, -0.25) is 14.4 Å². The summed E-state index contributed by atoms with van der Waals surface area (Å²) in [5.41, 5.74) is -0.251. The van der Waals surface area contributed by atoms with Gasteiger partial charge in [0.2, 0.25) is 5.91 Å². The van der Waals surface area contributed by atoms with Crippen molar-refractivity contribution in [2.75, 3.05) is 26.2 Å². The molecule has 0 aliphatic carbocycles. The molecule has 3 amide bonds. The molecular weight excluding hydrogens is 440 g/mol. The van der Waals surface area contributed by atoms with Crippen LogP contribution in [0.25, 0.3) is 0 Å². The van der Waals surface area contributed by atoms with Gasteiger partial charge in [0.1, 0.15) is 23.2 Å². The molecule has 9 heteroatoms. The third kappa shape index (κ3) is 5.24. The Bertz CT molecular complexity index is 1000. The molecule has 6 nitrogen and oxygen atoms in total. The van der Waals surface area contributed by atoms with E-state index in [0.29, 0.717) is 23.7 Å². The highest BCUT2D eigenvalue weighted by atomic mass is 35.5. The van der Waals surface area contributed by atoms with Gasteiger partial charge >= 0.3 is 0 Å². The molecule has 2 aromatic rings. The molecule has 1 aliphatic heterocycles. The topological polar surface area (TPSA) is 69.7 Å². The minimum Gasteiger partial charge on any atom is -0.340 e. The highest BCUT2D eigenvalue weighted by molar-refractivity contribution is 6.30.